The number of carbonyl (C=O) groups is 2. The molecule has 0 saturated heterocycles. The van der Waals surface area contributed by atoms with Crippen LogP contribution in [0, 0.1) is 5.82 Å². The molecule has 0 radical (unpaired) electrons. The molecule has 1 aliphatic rings. The van der Waals surface area contributed by atoms with Gasteiger partial charge in [0, 0.05) is 11.3 Å². The quantitative estimate of drug-likeness (QED) is 0.650. The summed E-state index contributed by atoms with van der Waals surface area (Å²) in [6, 6.07) is 12.4. The molecule has 1 unspecified atom stereocenters. The molecule has 0 bridgehead atoms. The number of methoxy groups -OCH3 is 1. The van der Waals surface area contributed by atoms with Crippen molar-refractivity contribution in [3.05, 3.63) is 60.0 Å². The van der Waals surface area contributed by atoms with E-state index in [1.807, 2.05) is 31.2 Å². The number of anilines is 2. The molecule has 3 aromatic rings. The molecule has 1 aromatic heterocycles. The topological polar surface area (TPSA) is 85.2 Å². The second kappa shape index (κ2) is 7.98. The lowest BCUT2D eigenvalue weighted by atomic mass is 10.0. The largest absolute Gasteiger partial charge is 0.497 e. The third-order valence-electron chi connectivity index (χ3n) is 5.02. The van der Waals surface area contributed by atoms with Crippen LogP contribution in [0.5, 0.6) is 5.75 Å². The fourth-order valence-electron chi connectivity index (χ4n) is 3.58. The molecule has 0 fully saturated rings. The van der Waals surface area contributed by atoms with Crippen molar-refractivity contribution in [1.29, 1.82) is 0 Å². The molecular formula is C22H21FN4O3. The Kier molecular flexibility index (Phi) is 5.22. The average Bonchev–Trinajstić information content (AvgIpc) is 3.23. The number of halogens is 1. The first-order chi connectivity index (χ1) is 14.5. The summed E-state index contributed by atoms with van der Waals surface area (Å²) in [5.74, 6) is 0.164. The van der Waals surface area contributed by atoms with Crippen molar-refractivity contribution in [2.45, 2.75) is 25.8 Å². The molecule has 8 heteroatoms. The first-order valence-corrected chi connectivity index (χ1v) is 9.62. The van der Waals surface area contributed by atoms with Crippen LogP contribution in [0.3, 0.4) is 0 Å². The number of hydrogen-bond donors (Lipinski definition) is 2. The molecule has 4 rings (SSSR count). The van der Waals surface area contributed by atoms with Crippen LogP contribution in [0.25, 0.3) is 11.1 Å². The Balaban J connectivity index is 1.60. The number of nitrogens with zero attached hydrogens (tertiary/aromatic N) is 2. The molecule has 2 aromatic carbocycles. The lowest BCUT2D eigenvalue weighted by molar-refractivity contribution is -0.123. The van der Waals surface area contributed by atoms with Gasteiger partial charge in [-0.2, -0.15) is 5.10 Å². The summed E-state index contributed by atoms with van der Waals surface area (Å²) >= 11 is 0. The Labute approximate surface area is 172 Å². The number of carbonyl (C=O) groups excluding carboxylic acids is 2. The van der Waals surface area contributed by atoms with E-state index in [4.69, 9.17) is 4.74 Å². The van der Waals surface area contributed by atoms with Crippen molar-refractivity contribution in [2.75, 3.05) is 17.7 Å². The number of rotatable bonds is 6. The summed E-state index contributed by atoms with van der Waals surface area (Å²) in [7, 11) is 1.60. The monoisotopic (exact) mass is 408 g/mol. The van der Waals surface area contributed by atoms with Crippen LogP contribution in [0.2, 0.25) is 0 Å². The lowest BCUT2D eigenvalue weighted by Gasteiger charge is -2.10. The number of ether oxygens (including phenoxy) is 1. The minimum Gasteiger partial charge on any atom is -0.497 e. The predicted molar refractivity (Wildman–Crippen MR) is 111 cm³/mol. The third kappa shape index (κ3) is 3.63. The number of nitrogens with one attached hydrogen (secondary N) is 2. The van der Waals surface area contributed by atoms with E-state index in [-0.39, 0.29) is 12.3 Å². The maximum absolute atomic E-state index is 13.3. The second-order valence-corrected chi connectivity index (χ2v) is 6.96. The Morgan fingerprint density at radius 2 is 2.03 bits per heavy atom. The molecule has 1 atom stereocenters. The Morgan fingerprint density at radius 1 is 1.27 bits per heavy atom. The summed E-state index contributed by atoms with van der Waals surface area (Å²) in [6.45, 7) is 1.98. The molecule has 0 spiro atoms. The van der Waals surface area contributed by atoms with Crippen molar-refractivity contribution >= 4 is 23.3 Å². The van der Waals surface area contributed by atoms with Crippen molar-refractivity contribution in [1.82, 2.24) is 9.78 Å². The van der Waals surface area contributed by atoms with Gasteiger partial charge in [0.15, 0.2) is 0 Å². The maximum atomic E-state index is 13.3. The minimum atomic E-state index is -0.772. The lowest BCUT2D eigenvalue weighted by Crippen LogP contribution is -2.24. The number of aryl methyl sites for hydroxylation is 1. The van der Waals surface area contributed by atoms with Gasteiger partial charge in [0.25, 0.3) is 5.91 Å². The van der Waals surface area contributed by atoms with Crippen LogP contribution in [0.15, 0.2) is 48.5 Å². The van der Waals surface area contributed by atoms with Gasteiger partial charge in [-0.15, -0.1) is 0 Å². The van der Waals surface area contributed by atoms with Gasteiger partial charge in [-0.3, -0.25) is 9.59 Å². The molecule has 2 amide bonds. The SMILES string of the molecule is CCc1nn2c(c1-c1ccc(OC)cc1)NC(=O)C2CC(=O)Nc1cccc(F)c1. The highest BCUT2D eigenvalue weighted by Gasteiger charge is 2.36. The predicted octanol–water partition coefficient (Wildman–Crippen LogP) is 3.78. The van der Waals surface area contributed by atoms with E-state index in [2.05, 4.69) is 15.7 Å². The Bertz CT molecular complexity index is 1110. The van der Waals surface area contributed by atoms with Gasteiger partial charge >= 0.3 is 0 Å². The minimum absolute atomic E-state index is 0.109. The van der Waals surface area contributed by atoms with Crippen molar-refractivity contribution in [3.63, 3.8) is 0 Å². The second-order valence-electron chi connectivity index (χ2n) is 6.96. The highest BCUT2D eigenvalue weighted by Crippen LogP contribution is 2.39. The molecule has 2 N–H and O–H groups in total. The van der Waals surface area contributed by atoms with E-state index in [1.165, 1.54) is 18.2 Å². The summed E-state index contributed by atoms with van der Waals surface area (Å²) < 4.78 is 20.1. The molecule has 1 aliphatic heterocycles. The smallest absolute Gasteiger partial charge is 0.251 e. The van der Waals surface area contributed by atoms with Crippen LogP contribution < -0.4 is 15.4 Å². The van der Waals surface area contributed by atoms with E-state index in [0.717, 1.165) is 22.6 Å². The first kappa shape index (κ1) is 19.6. The third-order valence-corrected chi connectivity index (χ3v) is 5.02. The number of amides is 2. The summed E-state index contributed by atoms with van der Waals surface area (Å²) in [5, 5.41) is 10.1. The van der Waals surface area contributed by atoms with Gasteiger partial charge in [0.2, 0.25) is 5.91 Å². The van der Waals surface area contributed by atoms with Crippen molar-refractivity contribution in [3.8, 4) is 16.9 Å². The maximum Gasteiger partial charge on any atom is 0.251 e. The van der Waals surface area contributed by atoms with E-state index in [9.17, 15) is 14.0 Å². The van der Waals surface area contributed by atoms with Crippen LogP contribution in [0.4, 0.5) is 15.9 Å². The van der Waals surface area contributed by atoms with Gasteiger partial charge in [-0.25, -0.2) is 9.07 Å². The van der Waals surface area contributed by atoms with Gasteiger partial charge in [0.1, 0.15) is 23.4 Å². The van der Waals surface area contributed by atoms with Gasteiger partial charge in [0.05, 0.1) is 19.2 Å². The van der Waals surface area contributed by atoms with Gasteiger partial charge < -0.3 is 15.4 Å². The molecule has 0 aliphatic carbocycles. The average molecular weight is 408 g/mol. The zero-order valence-corrected chi connectivity index (χ0v) is 16.6. The molecule has 30 heavy (non-hydrogen) atoms. The fraction of sp³-hybridized carbons (Fsp3) is 0.227. The normalized spacial score (nSPS) is 14.9. The summed E-state index contributed by atoms with van der Waals surface area (Å²) in [5.41, 5.74) is 2.90. The Morgan fingerprint density at radius 3 is 2.70 bits per heavy atom. The van der Waals surface area contributed by atoms with E-state index in [1.54, 1.807) is 17.9 Å². The van der Waals surface area contributed by atoms with E-state index in [0.29, 0.717) is 17.9 Å². The van der Waals surface area contributed by atoms with Gasteiger partial charge in [-0.1, -0.05) is 25.1 Å². The molecule has 7 nitrogen and oxygen atoms in total. The molecule has 154 valence electrons. The number of hydrogen-bond acceptors (Lipinski definition) is 4. The van der Waals surface area contributed by atoms with E-state index >= 15 is 0 Å². The zero-order valence-electron chi connectivity index (χ0n) is 16.6. The van der Waals surface area contributed by atoms with Crippen LogP contribution >= 0.6 is 0 Å². The van der Waals surface area contributed by atoms with Crippen LogP contribution in [-0.4, -0.2) is 28.7 Å². The number of fused-ring (bicyclic) bond motifs is 1. The molecular weight excluding hydrogens is 387 g/mol. The Hall–Kier alpha value is -3.68. The summed E-state index contributed by atoms with van der Waals surface area (Å²) in [4.78, 5) is 25.1. The zero-order chi connectivity index (χ0) is 21.3. The first-order valence-electron chi connectivity index (χ1n) is 9.62. The summed E-state index contributed by atoms with van der Waals surface area (Å²) in [6.07, 6.45) is 0.557. The fourth-order valence-corrected chi connectivity index (χ4v) is 3.58. The van der Waals surface area contributed by atoms with Crippen LogP contribution in [-0.2, 0) is 16.0 Å². The molecule has 0 saturated carbocycles. The standard InChI is InChI=1S/C22H21FN4O3/c1-3-17-20(13-7-9-16(30-2)10-8-13)21-25-22(29)18(27(21)26-17)12-19(28)24-15-6-4-5-14(23)11-15/h4-11,18H,3,12H2,1-2H3,(H,24,28)(H,25,29). The van der Waals surface area contributed by atoms with E-state index < -0.39 is 17.8 Å². The van der Waals surface area contributed by atoms with Crippen molar-refractivity contribution < 1.29 is 18.7 Å². The van der Waals surface area contributed by atoms with Gasteiger partial charge in [-0.05, 0) is 42.3 Å². The molecule has 2 heterocycles. The number of aromatic nitrogens is 2. The van der Waals surface area contributed by atoms with Crippen molar-refractivity contribution in [2.24, 2.45) is 0 Å². The number of benzene rings is 2. The highest BCUT2D eigenvalue weighted by molar-refractivity contribution is 6.04. The highest BCUT2D eigenvalue weighted by atomic mass is 19.1. The van der Waals surface area contributed by atoms with Crippen LogP contribution in [0.1, 0.15) is 25.1 Å².